The molecule has 2 aromatic carbocycles. The highest BCUT2D eigenvalue weighted by Crippen LogP contribution is 2.35. The Morgan fingerprint density at radius 1 is 1.08 bits per heavy atom. The van der Waals surface area contributed by atoms with Crippen LogP contribution in [0.3, 0.4) is 0 Å². The first-order valence-electron chi connectivity index (χ1n) is 7.59. The van der Waals surface area contributed by atoms with Crippen molar-refractivity contribution in [1.29, 1.82) is 0 Å². The molecule has 0 saturated carbocycles. The summed E-state index contributed by atoms with van der Waals surface area (Å²) < 4.78 is 21.2. The molecule has 2 heterocycles. The van der Waals surface area contributed by atoms with Gasteiger partial charge in [0.2, 0.25) is 0 Å². The molecule has 120 valence electrons. The zero-order chi connectivity index (χ0) is 16.8. The van der Waals surface area contributed by atoms with Gasteiger partial charge in [0.15, 0.2) is 11.6 Å². The first-order chi connectivity index (χ1) is 11.6. The van der Waals surface area contributed by atoms with Gasteiger partial charge < -0.3 is 14.2 Å². The zero-order valence-corrected chi connectivity index (χ0v) is 13.2. The number of fused-ring (bicyclic) bond motifs is 1. The van der Waals surface area contributed by atoms with Crippen molar-refractivity contribution < 1.29 is 14.0 Å². The lowest BCUT2D eigenvalue weighted by molar-refractivity contribution is 0.393. The number of aromatic nitrogens is 2. The first-order valence-corrected chi connectivity index (χ1v) is 7.59. The van der Waals surface area contributed by atoms with Gasteiger partial charge in [0.25, 0.3) is 0 Å². The lowest BCUT2D eigenvalue weighted by atomic mass is 10.1. The van der Waals surface area contributed by atoms with Gasteiger partial charge in [0, 0.05) is 17.1 Å². The minimum absolute atomic E-state index is 0.367. The lowest BCUT2D eigenvalue weighted by Gasteiger charge is -2.11. The van der Waals surface area contributed by atoms with Crippen LogP contribution in [0.4, 0.5) is 4.39 Å². The molecule has 0 unspecified atom stereocenters. The summed E-state index contributed by atoms with van der Waals surface area (Å²) in [6, 6.07) is 14.3. The van der Waals surface area contributed by atoms with Gasteiger partial charge in [-0.3, -0.25) is 0 Å². The summed E-state index contributed by atoms with van der Waals surface area (Å²) in [6.45, 7) is 3.74. The zero-order valence-electron chi connectivity index (χ0n) is 13.2. The van der Waals surface area contributed by atoms with Gasteiger partial charge in [-0.1, -0.05) is 23.4 Å². The molecule has 0 bridgehead atoms. The Hall–Kier alpha value is -3.08. The molecule has 0 amide bonds. The number of aryl methyl sites for hydroxylation is 2. The summed E-state index contributed by atoms with van der Waals surface area (Å²) in [5, 5.41) is 14.5. The number of halogens is 1. The van der Waals surface area contributed by atoms with Gasteiger partial charge in [-0.05, 0) is 38.1 Å². The van der Waals surface area contributed by atoms with E-state index in [1.165, 1.54) is 12.1 Å². The molecule has 0 aliphatic carbocycles. The van der Waals surface area contributed by atoms with E-state index in [-0.39, 0.29) is 5.75 Å². The summed E-state index contributed by atoms with van der Waals surface area (Å²) in [6.07, 6.45) is 0. The van der Waals surface area contributed by atoms with Crippen LogP contribution in [-0.2, 0) is 0 Å². The highest BCUT2D eigenvalue weighted by Gasteiger charge is 2.19. The van der Waals surface area contributed by atoms with E-state index >= 15 is 0 Å². The number of phenolic OH excluding ortho intramolecular Hbond substituents is 1. The minimum Gasteiger partial charge on any atom is -0.505 e. The third-order valence-corrected chi connectivity index (χ3v) is 4.19. The van der Waals surface area contributed by atoms with Crippen LogP contribution >= 0.6 is 0 Å². The summed E-state index contributed by atoms with van der Waals surface area (Å²) in [7, 11) is 0. The topological polar surface area (TPSA) is 51.2 Å². The van der Waals surface area contributed by atoms with Crippen LogP contribution < -0.4 is 0 Å². The van der Waals surface area contributed by atoms with Crippen molar-refractivity contribution in [3.8, 4) is 22.7 Å². The number of hydrogen-bond donors (Lipinski definition) is 1. The van der Waals surface area contributed by atoms with E-state index < -0.39 is 5.82 Å². The van der Waals surface area contributed by atoms with Gasteiger partial charge >= 0.3 is 0 Å². The van der Waals surface area contributed by atoms with Crippen molar-refractivity contribution in [2.24, 2.45) is 0 Å². The molecule has 1 N–H and O–H groups in total. The molecule has 0 aliphatic rings. The van der Waals surface area contributed by atoms with Crippen molar-refractivity contribution in [2.45, 2.75) is 13.8 Å². The second-order valence-corrected chi connectivity index (χ2v) is 5.76. The van der Waals surface area contributed by atoms with Crippen molar-refractivity contribution >= 4 is 10.9 Å². The van der Waals surface area contributed by atoms with Crippen LogP contribution in [0.5, 0.6) is 5.75 Å². The largest absolute Gasteiger partial charge is 0.505 e. The minimum atomic E-state index is -0.657. The van der Waals surface area contributed by atoms with E-state index in [4.69, 9.17) is 4.52 Å². The van der Waals surface area contributed by atoms with E-state index in [0.29, 0.717) is 11.4 Å². The van der Waals surface area contributed by atoms with E-state index in [2.05, 4.69) is 5.16 Å². The second kappa shape index (κ2) is 5.23. The van der Waals surface area contributed by atoms with Crippen LogP contribution in [0.15, 0.2) is 53.1 Å². The number of benzene rings is 2. The number of phenols is 1. The standard InChI is InChI=1S/C19H15FN2O2/c1-11-19(12(2)24-21-11)17-9-13-5-3-4-6-16(13)22(17)14-7-8-18(23)15(20)10-14/h3-10,23H,1-2H3. The number of para-hydroxylation sites is 1. The van der Waals surface area contributed by atoms with Gasteiger partial charge in [-0.25, -0.2) is 4.39 Å². The Labute approximate surface area is 137 Å². The highest BCUT2D eigenvalue weighted by atomic mass is 19.1. The third kappa shape index (κ3) is 2.09. The smallest absolute Gasteiger partial charge is 0.166 e. The fourth-order valence-electron chi connectivity index (χ4n) is 3.10. The molecule has 0 spiro atoms. The van der Waals surface area contributed by atoms with Crippen LogP contribution in [0.25, 0.3) is 27.8 Å². The van der Waals surface area contributed by atoms with Crippen molar-refractivity contribution in [1.82, 2.24) is 9.72 Å². The maximum Gasteiger partial charge on any atom is 0.166 e. The van der Waals surface area contributed by atoms with Crippen LogP contribution in [0.1, 0.15) is 11.5 Å². The maximum absolute atomic E-state index is 13.9. The summed E-state index contributed by atoms with van der Waals surface area (Å²) in [4.78, 5) is 0. The molecule has 4 rings (SSSR count). The Morgan fingerprint density at radius 2 is 1.88 bits per heavy atom. The van der Waals surface area contributed by atoms with Gasteiger partial charge in [-0.15, -0.1) is 0 Å². The van der Waals surface area contributed by atoms with E-state index in [1.807, 2.05) is 48.7 Å². The van der Waals surface area contributed by atoms with E-state index in [1.54, 1.807) is 6.07 Å². The molecular weight excluding hydrogens is 307 g/mol. The Morgan fingerprint density at radius 3 is 2.58 bits per heavy atom. The number of hydrogen-bond acceptors (Lipinski definition) is 3. The van der Waals surface area contributed by atoms with E-state index in [0.717, 1.165) is 27.9 Å². The number of nitrogens with zero attached hydrogens (tertiary/aromatic N) is 2. The average Bonchev–Trinajstić information content (AvgIpc) is 3.10. The normalized spacial score (nSPS) is 11.3. The third-order valence-electron chi connectivity index (χ3n) is 4.19. The Balaban J connectivity index is 2.09. The maximum atomic E-state index is 13.9. The Bertz CT molecular complexity index is 1040. The molecule has 24 heavy (non-hydrogen) atoms. The van der Waals surface area contributed by atoms with Gasteiger partial charge in [-0.2, -0.15) is 0 Å². The number of aromatic hydroxyl groups is 1. The molecule has 0 aliphatic heterocycles. The summed E-state index contributed by atoms with van der Waals surface area (Å²) >= 11 is 0. The summed E-state index contributed by atoms with van der Waals surface area (Å²) in [5.74, 6) is -0.320. The molecule has 0 atom stereocenters. The molecule has 0 saturated heterocycles. The first kappa shape index (κ1) is 14.5. The molecule has 5 heteroatoms. The highest BCUT2D eigenvalue weighted by molar-refractivity contribution is 5.90. The van der Waals surface area contributed by atoms with Crippen LogP contribution in [-0.4, -0.2) is 14.8 Å². The fraction of sp³-hybridized carbons (Fsp3) is 0.105. The predicted molar refractivity (Wildman–Crippen MR) is 89.9 cm³/mol. The van der Waals surface area contributed by atoms with Crippen LogP contribution in [0, 0.1) is 19.7 Å². The SMILES string of the molecule is Cc1noc(C)c1-c1cc2ccccc2n1-c1ccc(O)c(F)c1. The molecular formula is C19H15FN2O2. The molecule has 4 nitrogen and oxygen atoms in total. The monoisotopic (exact) mass is 322 g/mol. The number of rotatable bonds is 2. The fourth-order valence-corrected chi connectivity index (χ4v) is 3.10. The van der Waals surface area contributed by atoms with Crippen molar-refractivity contribution in [3.05, 3.63) is 65.8 Å². The summed E-state index contributed by atoms with van der Waals surface area (Å²) in [5.41, 5.74) is 4.10. The quantitative estimate of drug-likeness (QED) is 0.579. The molecule has 2 aromatic heterocycles. The van der Waals surface area contributed by atoms with Gasteiger partial charge in [0.1, 0.15) is 5.76 Å². The van der Waals surface area contributed by atoms with Crippen molar-refractivity contribution in [2.75, 3.05) is 0 Å². The molecule has 0 radical (unpaired) electrons. The van der Waals surface area contributed by atoms with Crippen LogP contribution in [0.2, 0.25) is 0 Å². The van der Waals surface area contributed by atoms with Crippen molar-refractivity contribution in [3.63, 3.8) is 0 Å². The van der Waals surface area contributed by atoms with Gasteiger partial charge in [0.05, 0.1) is 22.5 Å². The lowest BCUT2D eigenvalue weighted by Crippen LogP contribution is -1.98. The average molecular weight is 322 g/mol. The van der Waals surface area contributed by atoms with E-state index in [9.17, 15) is 9.50 Å². The predicted octanol–water partition coefficient (Wildman–Crippen LogP) is 4.75. The molecule has 4 aromatic rings. The Kier molecular flexibility index (Phi) is 3.16. The molecule has 0 fully saturated rings. The second-order valence-electron chi connectivity index (χ2n) is 5.76.